The lowest BCUT2D eigenvalue weighted by molar-refractivity contribution is -0.137. The van der Waals surface area contributed by atoms with Gasteiger partial charge in [-0.2, -0.15) is 5.10 Å². The maximum absolute atomic E-state index is 12.5. The second-order valence-corrected chi connectivity index (χ2v) is 4.74. The lowest BCUT2D eigenvalue weighted by Crippen LogP contribution is -2.21. The lowest BCUT2D eigenvalue weighted by Gasteiger charge is -2.12. The van der Waals surface area contributed by atoms with Gasteiger partial charge in [0.15, 0.2) is 0 Å². The highest BCUT2D eigenvalue weighted by Gasteiger charge is 2.12. The summed E-state index contributed by atoms with van der Waals surface area (Å²) in [6.45, 7) is 1.98. The highest BCUT2D eigenvalue weighted by Crippen LogP contribution is 2.07. The zero-order valence-corrected chi connectivity index (χ0v) is 13.3. The van der Waals surface area contributed by atoms with Gasteiger partial charge in [-0.1, -0.05) is 48.5 Å². The molecule has 2 aromatic rings. The number of benzene rings is 2. The van der Waals surface area contributed by atoms with Gasteiger partial charge in [0.05, 0.1) is 12.8 Å². The molecule has 0 saturated carbocycles. The SMILES string of the molecule is CCOC(=O)/C=C/N(/N=C/c1ccccc1)C(=O)c1ccccc1. The lowest BCUT2D eigenvalue weighted by atomic mass is 10.2. The van der Waals surface area contributed by atoms with E-state index in [0.29, 0.717) is 5.56 Å². The van der Waals surface area contributed by atoms with Gasteiger partial charge < -0.3 is 4.74 Å². The number of amides is 1. The van der Waals surface area contributed by atoms with Crippen LogP contribution < -0.4 is 0 Å². The normalized spacial score (nSPS) is 10.9. The van der Waals surface area contributed by atoms with Crippen molar-refractivity contribution in [3.63, 3.8) is 0 Å². The van der Waals surface area contributed by atoms with E-state index in [-0.39, 0.29) is 12.5 Å². The number of esters is 1. The third-order valence-electron chi connectivity index (χ3n) is 3.00. The number of hydrogen-bond acceptors (Lipinski definition) is 4. The van der Waals surface area contributed by atoms with Gasteiger partial charge in [0, 0.05) is 17.8 Å². The molecule has 2 aromatic carbocycles. The molecule has 0 atom stereocenters. The van der Waals surface area contributed by atoms with Crippen LogP contribution in [0.1, 0.15) is 22.8 Å². The molecule has 1 amide bonds. The Morgan fingerprint density at radius 1 is 1.04 bits per heavy atom. The minimum atomic E-state index is -0.529. The maximum Gasteiger partial charge on any atom is 0.332 e. The van der Waals surface area contributed by atoms with Crippen LogP contribution in [0.3, 0.4) is 0 Å². The molecule has 0 aliphatic heterocycles. The Labute approximate surface area is 140 Å². The van der Waals surface area contributed by atoms with Crippen LogP contribution in [-0.4, -0.2) is 29.7 Å². The number of hydrazone groups is 1. The maximum atomic E-state index is 12.5. The first-order valence-corrected chi connectivity index (χ1v) is 7.53. The highest BCUT2D eigenvalue weighted by molar-refractivity contribution is 5.96. The van der Waals surface area contributed by atoms with Crippen molar-refractivity contribution in [2.45, 2.75) is 6.92 Å². The standard InChI is InChI=1S/C19H18N2O3/c1-2-24-18(22)13-14-21(19(23)17-11-7-4-8-12-17)20-15-16-9-5-3-6-10-16/h3-15H,2H2,1H3/b14-13+,20-15+. The third kappa shape index (κ3) is 5.21. The second-order valence-electron chi connectivity index (χ2n) is 4.74. The van der Waals surface area contributed by atoms with Gasteiger partial charge in [0.1, 0.15) is 0 Å². The Morgan fingerprint density at radius 3 is 2.29 bits per heavy atom. The molecule has 0 saturated heterocycles. The molecule has 0 fully saturated rings. The largest absolute Gasteiger partial charge is 0.463 e. The molecule has 0 heterocycles. The third-order valence-corrected chi connectivity index (χ3v) is 3.00. The van der Waals surface area contributed by atoms with E-state index in [2.05, 4.69) is 5.10 Å². The first-order valence-electron chi connectivity index (χ1n) is 7.53. The topological polar surface area (TPSA) is 59.0 Å². The predicted molar refractivity (Wildman–Crippen MR) is 92.4 cm³/mol. The molecule has 0 aliphatic carbocycles. The van der Waals surface area contributed by atoms with Crippen LogP contribution in [0.2, 0.25) is 0 Å². The summed E-state index contributed by atoms with van der Waals surface area (Å²) in [6, 6.07) is 18.1. The fraction of sp³-hybridized carbons (Fsp3) is 0.105. The molecule has 0 N–H and O–H groups in total. The second kappa shape index (κ2) is 9.05. The van der Waals surface area contributed by atoms with Crippen molar-refractivity contribution in [3.8, 4) is 0 Å². The zero-order valence-electron chi connectivity index (χ0n) is 13.3. The predicted octanol–water partition coefficient (Wildman–Crippen LogP) is 3.24. The van der Waals surface area contributed by atoms with Crippen LogP contribution in [0.5, 0.6) is 0 Å². The molecule has 0 bridgehead atoms. The number of ether oxygens (including phenoxy) is 1. The molecule has 0 aliphatic rings. The molecule has 5 heteroatoms. The van der Waals surface area contributed by atoms with Crippen molar-refractivity contribution >= 4 is 18.1 Å². The van der Waals surface area contributed by atoms with E-state index in [1.54, 1.807) is 37.4 Å². The molecule has 0 radical (unpaired) electrons. The van der Waals surface area contributed by atoms with Crippen LogP contribution in [-0.2, 0) is 9.53 Å². The van der Waals surface area contributed by atoms with E-state index in [9.17, 15) is 9.59 Å². The quantitative estimate of drug-likeness (QED) is 0.355. The summed E-state index contributed by atoms with van der Waals surface area (Å²) in [5, 5.41) is 5.28. The smallest absolute Gasteiger partial charge is 0.332 e. The van der Waals surface area contributed by atoms with Gasteiger partial charge in [-0.15, -0.1) is 0 Å². The zero-order chi connectivity index (χ0) is 17.2. The Bertz CT molecular complexity index is 725. The average molecular weight is 322 g/mol. The van der Waals surface area contributed by atoms with Crippen molar-refractivity contribution in [1.29, 1.82) is 0 Å². The van der Waals surface area contributed by atoms with E-state index in [0.717, 1.165) is 10.6 Å². The molecule has 2 rings (SSSR count). The summed E-state index contributed by atoms with van der Waals surface area (Å²) >= 11 is 0. The van der Waals surface area contributed by atoms with E-state index in [4.69, 9.17) is 4.74 Å². The average Bonchev–Trinajstić information content (AvgIpc) is 2.63. The first kappa shape index (κ1) is 17.1. The van der Waals surface area contributed by atoms with Gasteiger partial charge in [0.2, 0.25) is 0 Å². The Morgan fingerprint density at radius 2 is 1.67 bits per heavy atom. The summed E-state index contributed by atoms with van der Waals surface area (Å²) < 4.78 is 4.82. The van der Waals surface area contributed by atoms with Crippen LogP contribution in [0.15, 0.2) is 78.0 Å². The molecule has 122 valence electrons. The molecule has 5 nitrogen and oxygen atoms in total. The van der Waals surface area contributed by atoms with Crippen LogP contribution in [0.4, 0.5) is 0 Å². The molecule has 0 unspecified atom stereocenters. The highest BCUT2D eigenvalue weighted by atomic mass is 16.5. The number of carbonyl (C=O) groups excluding carboxylic acids is 2. The fourth-order valence-electron chi connectivity index (χ4n) is 1.86. The number of carbonyl (C=O) groups is 2. The number of hydrogen-bond donors (Lipinski definition) is 0. The Balaban J connectivity index is 2.22. The van der Waals surface area contributed by atoms with Crippen molar-refractivity contribution in [2.24, 2.45) is 5.10 Å². The van der Waals surface area contributed by atoms with Crippen LogP contribution in [0, 0.1) is 0 Å². The van der Waals surface area contributed by atoms with E-state index in [1.165, 1.54) is 12.3 Å². The Hall–Kier alpha value is -3.21. The van der Waals surface area contributed by atoms with Crippen molar-refractivity contribution in [1.82, 2.24) is 5.01 Å². The van der Waals surface area contributed by atoms with Gasteiger partial charge in [0.25, 0.3) is 5.91 Å². The fourth-order valence-corrected chi connectivity index (χ4v) is 1.86. The summed E-state index contributed by atoms with van der Waals surface area (Å²) in [5.41, 5.74) is 1.31. The van der Waals surface area contributed by atoms with Gasteiger partial charge >= 0.3 is 5.97 Å². The summed E-state index contributed by atoms with van der Waals surface area (Å²) in [7, 11) is 0. The minimum absolute atomic E-state index is 0.267. The first-order chi connectivity index (χ1) is 11.7. The van der Waals surface area contributed by atoms with E-state index in [1.807, 2.05) is 36.4 Å². The van der Waals surface area contributed by atoms with Crippen molar-refractivity contribution < 1.29 is 14.3 Å². The molecule has 0 spiro atoms. The summed E-state index contributed by atoms with van der Waals surface area (Å²) in [4.78, 5) is 24.0. The van der Waals surface area contributed by atoms with E-state index >= 15 is 0 Å². The number of nitrogens with zero attached hydrogens (tertiary/aromatic N) is 2. The summed E-state index contributed by atoms with van der Waals surface area (Å²) in [6.07, 6.45) is 4.02. The van der Waals surface area contributed by atoms with Gasteiger partial charge in [-0.3, -0.25) is 4.79 Å². The number of rotatable bonds is 6. The molecular formula is C19H18N2O3. The monoisotopic (exact) mass is 322 g/mol. The van der Waals surface area contributed by atoms with Crippen LogP contribution >= 0.6 is 0 Å². The minimum Gasteiger partial charge on any atom is -0.463 e. The molecular weight excluding hydrogens is 304 g/mol. The molecule has 24 heavy (non-hydrogen) atoms. The van der Waals surface area contributed by atoms with E-state index < -0.39 is 5.97 Å². The van der Waals surface area contributed by atoms with Crippen molar-refractivity contribution in [3.05, 3.63) is 84.1 Å². The summed E-state index contributed by atoms with van der Waals surface area (Å²) in [5.74, 6) is -0.874. The molecule has 0 aromatic heterocycles. The van der Waals surface area contributed by atoms with Gasteiger partial charge in [-0.05, 0) is 24.6 Å². The van der Waals surface area contributed by atoms with Crippen molar-refractivity contribution in [2.75, 3.05) is 6.61 Å². The Kier molecular flexibility index (Phi) is 6.46. The van der Waals surface area contributed by atoms with Gasteiger partial charge in [-0.25, -0.2) is 9.80 Å². The van der Waals surface area contributed by atoms with Crippen LogP contribution in [0.25, 0.3) is 0 Å².